The molecule has 0 bridgehead atoms. The van der Waals surface area contributed by atoms with E-state index in [2.05, 4.69) is 10.1 Å². The fourth-order valence-corrected chi connectivity index (χ4v) is 3.51. The zero-order valence-electron chi connectivity index (χ0n) is 17.1. The van der Waals surface area contributed by atoms with Crippen molar-refractivity contribution in [2.75, 3.05) is 22.9 Å². The first-order chi connectivity index (χ1) is 15.1. The van der Waals surface area contributed by atoms with Crippen LogP contribution in [-0.2, 0) is 10.0 Å². The summed E-state index contributed by atoms with van der Waals surface area (Å²) in [6, 6.07) is 15.7. The number of sulfonamides is 1. The predicted molar refractivity (Wildman–Crippen MR) is 116 cm³/mol. The molecule has 0 atom stereocenters. The summed E-state index contributed by atoms with van der Waals surface area (Å²) in [5, 5.41) is 2.53. The van der Waals surface area contributed by atoms with Gasteiger partial charge in [0, 0.05) is 12.6 Å². The van der Waals surface area contributed by atoms with E-state index in [1.54, 1.807) is 6.07 Å². The van der Waals surface area contributed by atoms with E-state index in [-0.39, 0.29) is 28.3 Å². The van der Waals surface area contributed by atoms with Crippen molar-refractivity contribution < 1.29 is 31.1 Å². The van der Waals surface area contributed by atoms with E-state index in [4.69, 9.17) is 0 Å². The van der Waals surface area contributed by atoms with E-state index in [0.29, 0.717) is 5.56 Å². The van der Waals surface area contributed by atoms with Gasteiger partial charge in [0.1, 0.15) is 11.6 Å². The van der Waals surface area contributed by atoms with Crippen LogP contribution < -0.4 is 14.4 Å². The lowest BCUT2D eigenvalue weighted by Gasteiger charge is -2.22. The molecule has 6 nitrogen and oxygen atoms in total. The van der Waals surface area contributed by atoms with Gasteiger partial charge in [-0.2, -0.15) is 8.78 Å². The SMILES string of the molecule is CN(c1ccc(-c2ccccc2F)cc1NC(=O)c1ccccc1OC(F)F)S(C)(=O)=O. The number of ether oxygens (including phenoxy) is 1. The summed E-state index contributed by atoms with van der Waals surface area (Å²) in [4.78, 5) is 12.9. The van der Waals surface area contributed by atoms with Crippen molar-refractivity contribution in [2.45, 2.75) is 6.61 Å². The van der Waals surface area contributed by atoms with Crippen molar-refractivity contribution in [1.29, 1.82) is 0 Å². The van der Waals surface area contributed by atoms with E-state index in [1.165, 1.54) is 67.7 Å². The van der Waals surface area contributed by atoms with E-state index in [1.807, 2.05) is 0 Å². The molecule has 0 fully saturated rings. The quantitative estimate of drug-likeness (QED) is 0.548. The molecule has 3 rings (SSSR count). The highest BCUT2D eigenvalue weighted by Gasteiger charge is 2.21. The van der Waals surface area contributed by atoms with Crippen LogP contribution in [0.15, 0.2) is 66.7 Å². The molecule has 10 heteroatoms. The zero-order chi connectivity index (χ0) is 23.5. The van der Waals surface area contributed by atoms with Crippen molar-refractivity contribution in [3.63, 3.8) is 0 Å². The maximum absolute atomic E-state index is 14.3. The number of amides is 1. The van der Waals surface area contributed by atoms with E-state index in [9.17, 15) is 26.4 Å². The number of nitrogens with one attached hydrogen (secondary N) is 1. The van der Waals surface area contributed by atoms with Gasteiger partial charge in [-0.05, 0) is 35.9 Å². The molecule has 0 aliphatic rings. The molecule has 0 heterocycles. The number of carbonyl (C=O) groups excluding carboxylic acids is 1. The molecule has 1 amide bonds. The highest BCUT2D eigenvalue weighted by molar-refractivity contribution is 7.92. The molecule has 0 saturated carbocycles. The van der Waals surface area contributed by atoms with Crippen LogP contribution in [0.3, 0.4) is 0 Å². The van der Waals surface area contributed by atoms with Gasteiger partial charge in [-0.3, -0.25) is 9.10 Å². The van der Waals surface area contributed by atoms with Gasteiger partial charge in [-0.1, -0.05) is 36.4 Å². The van der Waals surface area contributed by atoms with Crippen LogP contribution >= 0.6 is 0 Å². The lowest BCUT2D eigenvalue weighted by molar-refractivity contribution is -0.0501. The Balaban J connectivity index is 2.08. The molecule has 0 aliphatic heterocycles. The Labute approximate surface area is 183 Å². The summed E-state index contributed by atoms with van der Waals surface area (Å²) in [6.45, 7) is -3.14. The average molecular weight is 464 g/mol. The summed E-state index contributed by atoms with van der Waals surface area (Å²) in [5.41, 5.74) is 0.569. The smallest absolute Gasteiger partial charge is 0.387 e. The molecule has 0 unspecified atom stereocenters. The third kappa shape index (κ3) is 5.20. The molecule has 0 spiro atoms. The highest BCUT2D eigenvalue weighted by Crippen LogP contribution is 2.34. The lowest BCUT2D eigenvalue weighted by Crippen LogP contribution is -2.26. The van der Waals surface area contributed by atoms with Gasteiger partial charge in [0.05, 0.1) is 23.2 Å². The minimum Gasteiger partial charge on any atom is -0.434 e. The Morgan fingerprint density at radius 1 is 1.03 bits per heavy atom. The number of benzene rings is 3. The molecule has 0 saturated heterocycles. The first kappa shape index (κ1) is 23.1. The number of rotatable bonds is 7. The predicted octanol–water partition coefficient (Wildman–Crippen LogP) is 4.74. The van der Waals surface area contributed by atoms with Crippen LogP contribution in [0.4, 0.5) is 24.5 Å². The minimum atomic E-state index is -3.70. The van der Waals surface area contributed by atoms with Gasteiger partial charge in [-0.25, -0.2) is 12.8 Å². The van der Waals surface area contributed by atoms with Crippen LogP contribution in [0.5, 0.6) is 5.75 Å². The minimum absolute atomic E-state index is 0.0375. The Morgan fingerprint density at radius 3 is 2.34 bits per heavy atom. The van der Waals surface area contributed by atoms with Gasteiger partial charge < -0.3 is 10.1 Å². The normalized spacial score (nSPS) is 11.3. The van der Waals surface area contributed by atoms with Crippen LogP contribution in [0.25, 0.3) is 11.1 Å². The van der Waals surface area contributed by atoms with Gasteiger partial charge >= 0.3 is 6.61 Å². The third-order valence-electron chi connectivity index (χ3n) is 4.61. The van der Waals surface area contributed by atoms with E-state index >= 15 is 0 Å². The number of hydrogen-bond acceptors (Lipinski definition) is 4. The molecule has 1 N–H and O–H groups in total. The fourth-order valence-electron chi connectivity index (χ4n) is 2.99. The number of nitrogens with zero attached hydrogens (tertiary/aromatic N) is 1. The number of alkyl halides is 2. The van der Waals surface area contributed by atoms with E-state index in [0.717, 1.165) is 10.6 Å². The lowest BCUT2D eigenvalue weighted by atomic mass is 10.0. The van der Waals surface area contributed by atoms with E-state index < -0.39 is 28.4 Å². The third-order valence-corrected chi connectivity index (χ3v) is 5.81. The molecule has 3 aromatic carbocycles. The maximum atomic E-state index is 14.3. The van der Waals surface area contributed by atoms with Crippen molar-refractivity contribution in [1.82, 2.24) is 0 Å². The van der Waals surface area contributed by atoms with Crippen LogP contribution in [-0.4, -0.2) is 34.2 Å². The number of para-hydroxylation sites is 1. The van der Waals surface area contributed by atoms with Gasteiger partial charge in [-0.15, -0.1) is 0 Å². The Hall–Kier alpha value is -3.53. The maximum Gasteiger partial charge on any atom is 0.387 e. The monoisotopic (exact) mass is 464 g/mol. The molecule has 3 aromatic rings. The number of halogens is 3. The Kier molecular flexibility index (Phi) is 6.73. The van der Waals surface area contributed by atoms with Gasteiger partial charge in [0.25, 0.3) is 5.91 Å². The first-order valence-electron chi connectivity index (χ1n) is 9.26. The Bertz CT molecular complexity index is 1250. The molecule has 0 radical (unpaired) electrons. The summed E-state index contributed by atoms with van der Waals surface area (Å²) < 4.78 is 69.2. The average Bonchev–Trinajstić information content (AvgIpc) is 2.73. The molecule has 32 heavy (non-hydrogen) atoms. The number of anilines is 2. The summed E-state index contributed by atoms with van der Waals surface area (Å²) in [7, 11) is -2.42. The van der Waals surface area contributed by atoms with Crippen LogP contribution in [0.2, 0.25) is 0 Å². The second-order valence-electron chi connectivity index (χ2n) is 6.77. The topological polar surface area (TPSA) is 75.7 Å². The van der Waals surface area contributed by atoms with Gasteiger partial charge in [0.15, 0.2) is 0 Å². The Morgan fingerprint density at radius 2 is 1.69 bits per heavy atom. The molecular formula is C22H19F3N2O4S. The van der Waals surface area contributed by atoms with Gasteiger partial charge in [0.2, 0.25) is 10.0 Å². The molecular weight excluding hydrogens is 445 g/mol. The molecule has 168 valence electrons. The largest absolute Gasteiger partial charge is 0.434 e. The summed E-state index contributed by atoms with van der Waals surface area (Å²) in [5.74, 6) is -1.66. The van der Waals surface area contributed by atoms with Crippen LogP contribution in [0.1, 0.15) is 10.4 Å². The summed E-state index contributed by atoms with van der Waals surface area (Å²) >= 11 is 0. The fraction of sp³-hybridized carbons (Fsp3) is 0.136. The van der Waals surface area contributed by atoms with Crippen molar-refractivity contribution in [2.24, 2.45) is 0 Å². The number of hydrogen-bond donors (Lipinski definition) is 1. The first-order valence-corrected chi connectivity index (χ1v) is 11.1. The molecule has 0 aromatic heterocycles. The van der Waals surface area contributed by atoms with Crippen molar-refractivity contribution >= 4 is 27.3 Å². The second-order valence-corrected chi connectivity index (χ2v) is 8.78. The van der Waals surface area contributed by atoms with Crippen molar-refractivity contribution in [3.05, 3.63) is 78.1 Å². The standard InChI is InChI=1S/C22H19F3N2O4S/c1-27(32(2,29)30)19-12-11-14(15-7-3-5-9-17(15)23)13-18(19)26-21(28)16-8-4-6-10-20(16)31-22(24)25/h3-13,22H,1-2H3,(H,26,28). The second kappa shape index (κ2) is 9.31. The summed E-state index contributed by atoms with van der Waals surface area (Å²) in [6.07, 6.45) is 0.981. The highest BCUT2D eigenvalue weighted by atomic mass is 32.2. The number of carbonyl (C=O) groups is 1. The molecule has 0 aliphatic carbocycles. The van der Waals surface area contributed by atoms with Crippen LogP contribution in [0, 0.1) is 5.82 Å². The zero-order valence-corrected chi connectivity index (χ0v) is 17.9. The van der Waals surface area contributed by atoms with Crippen molar-refractivity contribution in [3.8, 4) is 16.9 Å².